The molecule has 1 aromatic carbocycles. The number of nitriles is 1. The minimum Gasteiger partial charge on any atom is -0.380 e. The van der Waals surface area contributed by atoms with E-state index in [9.17, 15) is 0 Å². The number of aryl methyl sites for hydroxylation is 2. The SMILES string of the molecule is Cc1nc(C)c(CNc2ccc(Cl)c(C#N)c2)s1. The number of aromatic nitrogens is 1. The van der Waals surface area contributed by atoms with Crippen molar-refractivity contribution >= 4 is 28.6 Å². The highest BCUT2D eigenvalue weighted by Gasteiger charge is 2.05. The molecule has 0 spiro atoms. The minimum atomic E-state index is 0.480. The molecule has 0 fully saturated rings. The van der Waals surface area contributed by atoms with E-state index in [1.54, 1.807) is 23.5 Å². The molecule has 18 heavy (non-hydrogen) atoms. The zero-order valence-electron chi connectivity index (χ0n) is 10.1. The molecule has 0 radical (unpaired) electrons. The molecular formula is C13H12ClN3S. The summed E-state index contributed by atoms with van der Waals surface area (Å²) >= 11 is 7.57. The zero-order chi connectivity index (χ0) is 13.1. The van der Waals surface area contributed by atoms with Crippen LogP contribution in [0, 0.1) is 25.2 Å². The summed E-state index contributed by atoms with van der Waals surface area (Å²) < 4.78 is 0. The molecule has 1 aromatic heterocycles. The normalized spacial score (nSPS) is 10.1. The Morgan fingerprint density at radius 2 is 2.22 bits per heavy atom. The second kappa shape index (κ2) is 5.38. The van der Waals surface area contributed by atoms with Gasteiger partial charge in [-0.15, -0.1) is 11.3 Å². The van der Waals surface area contributed by atoms with E-state index < -0.39 is 0 Å². The van der Waals surface area contributed by atoms with E-state index in [4.69, 9.17) is 16.9 Å². The van der Waals surface area contributed by atoms with Crippen molar-refractivity contribution in [3.05, 3.63) is 44.4 Å². The molecule has 92 valence electrons. The maximum absolute atomic E-state index is 8.91. The summed E-state index contributed by atoms with van der Waals surface area (Å²) in [7, 11) is 0. The topological polar surface area (TPSA) is 48.7 Å². The lowest BCUT2D eigenvalue weighted by atomic mass is 10.2. The van der Waals surface area contributed by atoms with Gasteiger partial charge in [0.1, 0.15) is 6.07 Å². The van der Waals surface area contributed by atoms with Crippen LogP contribution in [-0.2, 0) is 6.54 Å². The van der Waals surface area contributed by atoms with Crippen molar-refractivity contribution in [2.75, 3.05) is 5.32 Å². The minimum absolute atomic E-state index is 0.480. The van der Waals surface area contributed by atoms with Crippen molar-refractivity contribution in [1.82, 2.24) is 4.98 Å². The summed E-state index contributed by atoms with van der Waals surface area (Å²) in [5.41, 5.74) is 2.43. The summed E-state index contributed by atoms with van der Waals surface area (Å²) in [6, 6.07) is 7.42. The fraction of sp³-hybridized carbons (Fsp3) is 0.231. The highest BCUT2D eigenvalue weighted by Crippen LogP contribution is 2.22. The Morgan fingerprint density at radius 3 is 2.83 bits per heavy atom. The van der Waals surface area contributed by atoms with E-state index in [1.807, 2.05) is 19.9 Å². The van der Waals surface area contributed by atoms with Crippen LogP contribution in [0.3, 0.4) is 0 Å². The maximum atomic E-state index is 8.91. The van der Waals surface area contributed by atoms with Crippen LogP contribution in [0.5, 0.6) is 0 Å². The smallest absolute Gasteiger partial charge is 0.101 e. The number of nitrogens with one attached hydrogen (secondary N) is 1. The summed E-state index contributed by atoms with van der Waals surface area (Å²) in [6.45, 7) is 4.71. The first kappa shape index (κ1) is 12.9. The first-order valence-corrected chi connectivity index (χ1v) is 6.66. The van der Waals surface area contributed by atoms with Crippen molar-refractivity contribution in [3.63, 3.8) is 0 Å². The Kier molecular flexibility index (Phi) is 3.85. The molecule has 0 aliphatic rings. The first-order chi connectivity index (χ1) is 8.60. The van der Waals surface area contributed by atoms with Crippen molar-refractivity contribution in [1.29, 1.82) is 5.26 Å². The van der Waals surface area contributed by atoms with Gasteiger partial charge in [0.15, 0.2) is 0 Å². The Balaban J connectivity index is 2.11. The molecule has 0 saturated heterocycles. The number of hydrogen-bond acceptors (Lipinski definition) is 4. The van der Waals surface area contributed by atoms with Gasteiger partial charge in [0.25, 0.3) is 0 Å². The molecule has 1 N–H and O–H groups in total. The monoisotopic (exact) mass is 277 g/mol. The fourth-order valence-corrected chi connectivity index (χ4v) is 2.68. The third-order valence-corrected chi connectivity index (χ3v) is 3.94. The number of halogens is 1. The van der Waals surface area contributed by atoms with Gasteiger partial charge in [0.05, 0.1) is 27.8 Å². The van der Waals surface area contributed by atoms with Crippen LogP contribution in [0.25, 0.3) is 0 Å². The number of thiazole rings is 1. The van der Waals surface area contributed by atoms with Gasteiger partial charge >= 0.3 is 0 Å². The summed E-state index contributed by atoms with van der Waals surface area (Å²) in [5, 5.41) is 13.7. The zero-order valence-corrected chi connectivity index (χ0v) is 11.7. The van der Waals surface area contributed by atoms with Crippen molar-refractivity contribution in [3.8, 4) is 6.07 Å². The standard InChI is InChI=1S/C13H12ClN3S/c1-8-13(18-9(2)17-8)7-16-11-3-4-12(14)10(5-11)6-15/h3-5,16H,7H2,1-2H3. The number of anilines is 1. The van der Waals surface area contributed by atoms with Gasteiger partial charge in [-0.25, -0.2) is 4.98 Å². The van der Waals surface area contributed by atoms with Crippen LogP contribution < -0.4 is 5.32 Å². The van der Waals surface area contributed by atoms with Gasteiger partial charge in [0.2, 0.25) is 0 Å². The van der Waals surface area contributed by atoms with E-state index in [-0.39, 0.29) is 0 Å². The molecule has 0 amide bonds. The van der Waals surface area contributed by atoms with Gasteiger partial charge in [-0.2, -0.15) is 5.26 Å². The molecule has 0 bridgehead atoms. The third-order valence-electron chi connectivity index (χ3n) is 2.54. The van der Waals surface area contributed by atoms with Gasteiger partial charge in [-0.1, -0.05) is 11.6 Å². The average Bonchev–Trinajstić information content (AvgIpc) is 2.67. The van der Waals surface area contributed by atoms with Gasteiger partial charge in [-0.05, 0) is 32.0 Å². The highest BCUT2D eigenvalue weighted by molar-refractivity contribution is 7.11. The molecule has 1 heterocycles. The molecule has 5 heteroatoms. The Hall–Kier alpha value is -1.57. The molecule has 0 saturated carbocycles. The number of rotatable bonds is 3. The molecule has 0 aliphatic heterocycles. The summed E-state index contributed by atoms with van der Waals surface area (Å²) in [4.78, 5) is 5.59. The maximum Gasteiger partial charge on any atom is 0.101 e. The highest BCUT2D eigenvalue weighted by atomic mass is 35.5. The quantitative estimate of drug-likeness (QED) is 0.926. The molecule has 0 atom stereocenters. The Morgan fingerprint density at radius 1 is 1.44 bits per heavy atom. The molecule has 3 nitrogen and oxygen atoms in total. The lowest BCUT2D eigenvalue weighted by Gasteiger charge is -2.06. The summed E-state index contributed by atoms with van der Waals surface area (Å²) in [5.74, 6) is 0. The first-order valence-electron chi connectivity index (χ1n) is 5.46. The number of nitrogens with zero attached hydrogens (tertiary/aromatic N) is 2. The van der Waals surface area contributed by atoms with Crippen LogP contribution in [0.2, 0.25) is 5.02 Å². The van der Waals surface area contributed by atoms with Crippen molar-refractivity contribution in [2.45, 2.75) is 20.4 Å². The predicted molar refractivity (Wildman–Crippen MR) is 75.1 cm³/mol. The largest absolute Gasteiger partial charge is 0.380 e. The summed E-state index contributed by atoms with van der Waals surface area (Å²) in [6.07, 6.45) is 0. The lowest BCUT2D eigenvalue weighted by molar-refractivity contribution is 1.11. The molecule has 2 rings (SSSR count). The lowest BCUT2D eigenvalue weighted by Crippen LogP contribution is -1.99. The van der Waals surface area contributed by atoms with E-state index in [1.165, 1.54) is 4.88 Å². The second-order valence-electron chi connectivity index (χ2n) is 3.90. The second-order valence-corrected chi connectivity index (χ2v) is 5.60. The van der Waals surface area contributed by atoms with Crippen LogP contribution in [-0.4, -0.2) is 4.98 Å². The Labute approximate surface area is 115 Å². The van der Waals surface area contributed by atoms with Crippen molar-refractivity contribution < 1.29 is 0 Å². The van der Waals surface area contributed by atoms with Crippen molar-refractivity contribution in [2.24, 2.45) is 0 Å². The average molecular weight is 278 g/mol. The number of benzene rings is 1. The van der Waals surface area contributed by atoms with E-state index in [0.29, 0.717) is 17.1 Å². The number of hydrogen-bond donors (Lipinski definition) is 1. The van der Waals surface area contributed by atoms with E-state index >= 15 is 0 Å². The third kappa shape index (κ3) is 2.81. The van der Waals surface area contributed by atoms with E-state index in [0.717, 1.165) is 16.4 Å². The van der Waals surface area contributed by atoms with Gasteiger partial charge < -0.3 is 5.32 Å². The Bertz CT molecular complexity index is 613. The molecule has 0 unspecified atom stereocenters. The van der Waals surface area contributed by atoms with Crippen LogP contribution in [0.15, 0.2) is 18.2 Å². The van der Waals surface area contributed by atoms with Crippen LogP contribution in [0.4, 0.5) is 5.69 Å². The fourth-order valence-electron chi connectivity index (χ4n) is 1.64. The van der Waals surface area contributed by atoms with E-state index in [2.05, 4.69) is 16.4 Å². The van der Waals surface area contributed by atoms with Crippen LogP contribution in [0.1, 0.15) is 21.1 Å². The predicted octanol–water partition coefficient (Wildman–Crippen LogP) is 3.90. The van der Waals surface area contributed by atoms with Crippen LogP contribution >= 0.6 is 22.9 Å². The van der Waals surface area contributed by atoms with Gasteiger partial charge in [-0.3, -0.25) is 0 Å². The molecule has 0 aliphatic carbocycles. The van der Waals surface area contributed by atoms with Gasteiger partial charge in [0, 0.05) is 10.6 Å². The molecule has 2 aromatic rings. The molecular weight excluding hydrogens is 266 g/mol.